The first-order chi connectivity index (χ1) is 10.3. The van der Waals surface area contributed by atoms with Crippen LogP contribution in [0.1, 0.15) is 27.0 Å². The number of amides is 1. The van der Waals surface area contributed by atoms with Gasteiger partial charge in [0.1, 0.15) is 5.82 Å². The zero-order chi connectivity index (χ0) is 16.4. The predicted octanol–water partition coefficient (Wildman–Crippen LogP) is 3.91. The highest BCUT2D eigenvalue weighted by atomic mass is 19.1. The molecule has 0 unspecified atom stereocenters. The van der Waals surface area contributed by atoms with Gasteiger partial charge in [0.2, 0.25) is 0 Å². The molecule has 1 N–H and O–H groups in total. The number of aryl methyl sites for hydroxylation is 2. The molecule has 2 aromatic carbocycles. The Morgan fingerprint density at radius 3 is 2.41 bits per heavy atom. The van der Waals surface area contributed by atoms with Crippen LogP contribution in [-0.2, 0) is 0 Å². The number of hydrogen-bond acceptors (Lipinski definition) is 3. The van der Waals surface area contributed by atoms with Crippen LogP contribution < -0.4 is 5.32 Å². The smallest absolute Gasteiger partial charge is 0.277 e. The molecule has 0 bridgehead atoms. The number of nitrogens with one attached hydrogen (secondary N) is 1. The monoisotopic (exact) mass is 302 g/mol. The van der Waals surface area contributed by atoms with Crippen LogP contribution in [0.3, 0.4) is 0 Å². The maximum atomic E-state index is 13.6. The Morgan fingerprint density at radius 1 is 1.18 bits per heavy atom. The standard InChI is InChI=1S/C16H15FN2O3/c1-9-8-10(2)15(19(21)22)11(3)14(9)18-16(20)12-6-4-5-7-13(12)17/h4-8H,1-3H3,(H,18,20). The molecule has 0 atom stereocenters. The van der Waals surface area contributed by atoms with Gasteiger partial charge in [-0.05, 0) is 44.5 Å². The van der Waals surface area contributed by atoms with Crippen molar-refractivity contribution in [3.63, 3.8) is 0 Å². The number of halogens is 1. The Morgan fingerprint density at radius 2 is 1.82 bits per heavy atom. The minimum atomic E-state index is -0.642. The van der Waals surface area contributed by atoms with Gasteiger partial charge in [0.15, 0.2) is 0 Å². The van der Waals surface area contributed by atoms with Crippen LogP contribution in [0.5, 0.6) is 0 Å². The largest absolute Gasteiger partial charge is 0.321 e. The first kappa shape index (κ1) is 15.6. The summed E-state index contributed by atoms with van der Waals surface area (Å²) < 4.78 is 13.6. The Kier molecular flexibility index (Phi) is 4.21. The molecule has 22 heavy (non-hydrogen) atoms. The minimum Gasteiger partial charge on any atom is -0.321 e. The van der Waals surface area contributed by atoms with E-state index in [1.54, 1.807) is 32.9 Å². The van der Waals surface area contributed by atoms with E-state index in [0.29, 0.717) is 22.4 Å². The molecule has 0 aliphatic rings. The van der Waals surface area contributed by atoms with Crippen molar-refractivity contribution >= 4 is 17.3 Å². The van der Waals surface area contributed by atoms with Crippen molar-refractivity contribution in [3.8, 4) is 0 Å². The van der Waals surface area contributed by atoms with Gasteiger partial charge in [-0.2, -0.15) is 0 Å². The van der Waals surface area contributed by atoms with Gasteiger partial charge in [0.05, 0.1) is 21.7 Å². The summed E-state index contributed by atoms with van der Waals surface area (Å²) in [5.41, 5.74) is 1.74. The Balaban J connectivity index is 2.46. The number of nitro groups is 1. The van der Waals surface area contributed by atoms with Gasteiger partial charge in [-0.25, -0.2) is 4.39 Å². The van der Waals surface area contributed by atoms with Crippen molar-refractivity contribution in [1.82, 2.24) is 0 Å². The third-order valence-electron chi connectivity index (χ3n) is 3.47. The van der Waals surface area contributed by atoms with E-state index < -0.39 is 16.6 Å². The zero-order valence-corrected chi connectivity index (χ0v) is 12.4. The molecule has 2 aromatic rings. The highest BCUT2D eigenvalue weighted by Gasteiger charge is 2.22. The molecular formula is C16H15FN2O3. The molecule has 6 heteroatoms. The van der Waals surface area contributed by atoms with Crippen molar-refractivity contribution in [1.29, 1.82) is 0 Å². The SMILES string of the molecule is Cc1cc(C)c([N+](=O)[O-])c(C)c1NC(=O)c1ccccc1F. The topological polar surface area (TPSA) is 72.2 Å². The Hall–Kier alpha value is -2.76. The van der Waals surface area contributed by atoms with Gasteiger partial charge in [0, 0.05) is 5.56 Å². The third kappa shape index (κ3) is 2.81. The average Bonchev–Trinajstić information content (AvgIpc) is 2.43. The van der Waals surface area contributed by atoms with Crippen LogP contribution >= 0.6 is 0 Å². The maximum Gasteiger partial charge on any atom is 0.277 e. The molecule has 5 nitrogen and oxygen atoms in total. The number of anilines is 1. The van der Waals surface area contributed by atoms with Crippen LogP contribution in [0.2, 0.25) is 0 Å². The first-order valence-electron chi connectivity index (χ1n) is 6.64. The van der Waals surface area contributed by atoms with Gasteiger partial charge in [-0.15, -0.1) is 0 Å². The normalized spacial score (nSPS) is 10.4. The first-order valence-corrected chi connectivity index (χ1v) is 6.64. The molecule has 1 amide bonds. The second-order valence-electron chi connectivity index (χ2n) is 5.05. The summed E-state index contributed by atoms with van der Waals surface area (Å²) >= 11 is 0. The number of hydrogen-bond donors (Lipinski definition) is 1. The van der Waals surface area contributed by atoms with E-state index in [1.807, 2.05) is 0 Å². The predicted molar refractivity (Wildman–Crippen MR) is 81.7 cm³/mol. The molecule has 2 rings (SSSR count). The molecule has 0 radical (unpaired) electrons. The number of nitro benzene ring substituents is 1. The zero-order valence-electron chi connectivity index (χ0n) is 12.4. The van der Waals surface area contributed by atoms with E-state index >= 15 is 0 Å². The summed E-state index contributed by atoms with van der Waals surface area (Å²) in [6, 6.07) is 7.21. The van der Waals surface area contributed by atoms with Gasteiger partial charge >= 0.3 is 0 Å². The Labute approximate surface area is 126 Å². The second-order valence-corrected chi connectivity index (χ2v) is 5.05. The average molecular weight is 302 g/mol. The number of rotatable bonds is 3. The maximum absolute atomic E-state index is 13.6. The molecule has 0 heterocycles. The fourth-order valence-corrected chi connectivity index (χ4v) is 2.47. The summed E-state index contributed by atoms with van der Waals surface area (Å²) in [5, 5.41) is 13.7. The van der Waals surface area contributed by atoms with E-state index in [2.05, 4.69) is 5.32 Å². The quantitative estimate of drug-likeness (QED) is 0.690. The van der Waals surface area contributed by atoms with Gasteiger partial charge < -0.3 is 5.32 Å². The summed E-state index contributed by atoms with van der Waals surface area (Å²) in [6.07, 6.45) is 0. The molecule has 0 aliphatic carbocycles. The molecule has 0 aromatic heterocycles. The lowest BCUT2D eigenvalue weighted by atomic mass is 10.0. The van der Waals surface area contributed by atoms with Gasteiger partial charge in [0.25, 0.3) is 11.6 Å². The summed E-state index contributed by atoms with van der Waals surface area (Å²) in [4.78, 5) is 22.9. The molecule has 0 saturated heterocycles. The summed E-state index contributed by atoms with van der Waals surface area (Å²) in [5.74, 6) is -1.28. The van der Waals surface area contributed by atoms with Crippen LogP contribution in [0.4, 0.5) is 15.8 Å². The van der Waals surface area contributed by atoms with Gasteiger partial charge in [-0.3, -0.25) is 14.9 Å². The third-order valence-corrected chi connectivity index (χ3v) is 3.47. The lowest BCUT2D eigenvalue weighted by Gasteiger charge is -2.14. The van der Waals surface area contributed by atoms with Crippen molar-refractivity contribution in [2.24, 2.45) is 0 Å². The van der Waals surface area contributed by atoms with Crippen LogP contribution in [0.15, 0.2) is 30.3 Å². The highest BCUT2D eigenvalue weighted by molar-refractivity contribution is 6.05. The van der Waals surface area contributed by atoms with Crippen molar-refractivity contribution in [2.75, 3.05) is 5.32 Å². The van der Waals surface area contributed by atoms with Gasteiger partial charge in [-0.1, -0.05) is 12.1 Å². The lowest BCUT2D eigenvalue weighted by Crippen LogP contribution is -2.16. The fourth-order valence-electron chi connectivity index (χ4n) is 2.47. The number of benzene rings is 2. The molecule has 0 spiro atoms. The van der Waals surface area contributed by atoms with Crippen LogP contribution in [0, 0.1) is 36.7 Å². The minimum absolute atomic E-state index is 0.0468. The van der Waals surface area contributed by atoms with E-state index in [9.17, 15) is 19.3 Å². The van der Waals surface area contributed by atoms with Crippen molar-refractivity contribution in [3.05, 3.63) is 68.5 Å². The van der Waals surface area contributed by atoms with Crippen molar-refractivity contribution in [2.45, 2.75) is 20.8 Å². The molecule has 114 valence electrons. The van der Waals surface area contributed by atoms with E-state index in [-0.39, 0.29) is 11.3 Å². The highest BCUT2D eigenvalue weighted by Crippen LogP contribution is 2.32. The van der Waals surface area contributed by atoms with Crippen molar-refractivity contribution < 1.29 is 14.1 Å². The van der Waals surface area contributed by atoms with E-state index in [4.69, 9.17) is 0 Å². The van der Waals surface area contributed by atoms with E-state index in [0.717, 1.165) is 0 Å². The Bertz CT molecular complexity index is 772. The summed E-state index contributed by atoms with van der Waals surface area (Å²) in [7, 11) is 0. The fraction of sp³-hybridized carbons (Fsp3) is 0.188. The van der Waals surface area contributed by atoms with Crippen LogP contribution in [-0.4, -0.2) is 10.8 Å². The summed E-state index contributed by atoms with van der Waals surface area (Å²) in [6.45, 7) is 4.94. The second kappa shape index (κ2) is 5.93. The number of carbonyl (C=O) groups excluding carboxylic acids is 1. The molecule has 0 saturated carbocycles. The molecule has 0 fully saturated rings. The van der Waals surface area contributed by atoms with Crippen LogP contribution in [0.25, 0.3) is 0 Å². The number of carbonyl (C=O) groups is 1. The molecule has 0 aliphatic heterocycles. The lowest BCUT2D eigenvalue weighted by molar-refractivity contribution is -0.386. The molecular weight excluding hydrogens is 287 g/mol. The number of nitrogens with zero attached hydrogens (tertiary/aromatic N) is 1. The van der Waals surface area contributed by atoms with E-state index in [1.165, 1.54) is 18.2 Å².